The molecule has 0 spiro atoms. The molecule has 0 bridgehead atoms. The number of aliphatic imine (C=N–C) groups is 1. The third-order valence-corrected chi connectivity index (χ3v) is 6.93. The third-order valence-electron chi connectivity index (χ3n) is 5.60. The van der Waals surface area contributed by atoms with Crippen molar-refractivity contribution in [3.63, 3.8) is 0 Å². The number of ether oxygens (including phenoxy) is 2. The highest BCUT2D eigenvalue weighted by Gasteiger charge is 2.15. The van der Waals surface area contributed by atoms with E-state index in [2.05, 4.69) is 53.4 Å². The van der Waals surface area contributed by atoms with Crippen LogP contribution >= 0.6 is 23.4 Å². The molecule has 4 aromatic rings. The number of hydrogen-bond donors (Lipinski definition) is 0. The monoisotopic (exact) mass is 516 g/mol. The first-order chi connectivity index (χ1) is 17.6. The topological polar surface area (TPSA) is 34.1 Å². The van der Waals surface area contributed by atoms with Gasteiger partial charge in [-0.15, -0.1) is 0 Å². The van der Waals surface area contributed by atoms with Gasteiger partial charge in [0.1, 0.15) is 11.5 Å². The molecule has 0 N–H and O–H groups in total. The van der Waals surface area contributed by atoms with Gasteiger partial charge in [-0.1, -0.05) is 78.0 Å². The molecule has 4 aromatic carbocycles. The molecule has 6 heteroatoms. The van der Waals surface area contributed by atoms with Gasteiger partial charge < -0.3 is 14.4 Å². The Morgan fingerprint density at radius 3 is 1.72 bits per heavy atom. The van der Waals surface area contributed by atoms with Crippen LogP contribution in [-0.4, -0.2) is 24.3 Å². The summed E-state index contributed by atoms with van der Waals surface area (Å²) in [6, 6.07) is 34.5. The summed E-state index contributed by atoms with van der Waals surface area (Å²) in [5, 5.41) is 1.63. The van der Waals surface area contributed by atoms with E-state index in [0.717, 1.165) is 28.1 Å². The van der Waals surface area contributed by atoms with E-state index in [4.69, 9.17) is 26.1 Å². The molecule has 0 aromatic heterocycles. The first-order valence-electron chi connectivity index (χ1n) is 11.6. The Morgan fingerprint density at radius 2 is 1.22 bits per heavy atom. The average molecular weight is 517 g/mol. The molecule has 36 heavy (non-hydrogen) atoms. The van der Waals surface area contributed by atoms with Crippen LogP contribution in [0.5, 0.6) is 11.5 Å². The quantitative estimate of drug-likeness (QED) is 0.167. The number of methoxy groups -OCH3 is 2. The SMILES string of the molecule is COc1ccc(CN(Cc2ccc(OC)cc2)C(=Nc2ccc(Cl)cc2)SCc2ccccc2)cc1. The summed E-state index contributed by atoms with van der Waals surface area (Å²) in [5.41, 5.74) is 4.46. The summed E-state index contributed by atoms with van der Waals surface area (Å²) in [4.78, 5) is 7.38. The molecule has 0 unspecified atom stereocenters. The van der Waals surface area contributed by atoms with Gasteiger partial charge in [0, 0.05) is 23.9 Å². The highest BCUT2D eigenvalue weighted by Crippen LogP contribution is 2.26. The molecule has 0 atom stereocenters. The first kappa shape index (κ1) is 25.7. The highest BCUT2D eigenvalue weighted by atomic mass is 35.5. The Balaban J connectivity index is 1.67. The zero-order valence-corrected chi connectivity index (χ0v) is 22.0. The van der Waals surface area contributed by atoms with Gasteiger partial charge >= 0.3 is 0 Å². The molecule has 0 heterocycles. The Morgan fingerprint density at radius 1 is 0.694 bits per heavy atom. The highest BCUT2D eigenvalue weighted by molar-refractivity contribution is 8.13. The summed E-state index contributed by atoms with van der Waals surface area (Å²) in [7, 11) is 3.37. The lowest BCUT2D eigenvalue weighted by molar-refractivity contribution is 0.405. The van der Waals surface area contributed by atoms with Crippen molar-refractivity contribution in [2.45, 2.75) is 18.8 Å². The molecule has 0 saturated heterocycles. The summed E-state index contributed by atoms with van der Waals surface area (Å²) in [5.74, 6) is 2.50. The Bertz CT molecular complexity index is 1200. The molecular formula is C30H29ClN2O2S. The van der Waals surface area contributed by atoms with E-state index in [0.29, 0.717) is 18.1 Å². The fraction of sp³-hybridized carbons (Fsp3) is 0.167. The summed E-state index contributed by atoms with van der Waals surface area (Å²) in [6.07, 6.45) is 0. The zero-order valence-electron chi connectivity index (χ0n) is 20.4. The van der Waals surface area contributed by atoms with E-state index in [1.54, 1.807) is 26.0 Å². The second-order valence-corrected chi connectivity index (χ2v) is 9.58. The molecule has 0 amide bonds. The van der Waals surface area contributed by atoms with Crippen molar-refractivity contribution in [2.75, 3.05) is 14.2 Å². The van der Waals surface area contributed by atoms with Crippen molar-refractivity contribution >= 4 is 34.2 Å². The van der Waals surface area contributed by atoms with Crippen LogP contribution in [0.3, 0.4) is 0 Å². The first-order valence-corrected chi connectivity index (χ1v) is 13.0. The van der Waals surface area contributed by atoms with Crippen molar-refractivity contribution in [3.8, 4) is 11.5 Å². The number of hydrogen-bond acceptors (Lipinski definition) is 4. The predicted octanol–water partition coefficient (Wildman–Crippen LogP) is 7.98. The van der Waals surface area contributed by atoms with Gasteiger partial charge in [-0.05, 0) is 65.2 Å². The maximum Gasteiger partial charge on any atom is 0.165 e. The zero-order chi connectivity index (χ0) is 25.2. The van der Waals surface area contributed by atoms with Crippen LogP contribution in [0.15, 0.2) is 108 Å². The van der Waals surface area contributed by atoms with Crippen molar-refractivity contribution < 1.29 is 9.47 Å². The number of nitrogens with zero attached hydrogens (tertiary/aromatic N) is 2. The van der Waals surface area contributed by atoms with Crippen molar-refractivity contribution in [1.29, 1.82) is 0 Å². The largest absolute Gasteiger partial charge is 0.497 e. The maximum absolute atomic E-state index is 6.13. The van der Waals surface area contributed by atoms with E-state index < -0.39 is 0 Å². The van der Waals surface area contributed by atoms with Gasteiger partial charge in [0.25, 0.3) is 0 Å². The smallest absolute Gasteiger partial charge is 0.165 e. The van der Waals surface area contributed by atoms with Crippen LogP contribution in [0.2, 0.25) is 5.02 Å². The van der Waals surface area contributed by atoms with E-state index in [9.17, 15) is 0 Å². The van der Waals surface area contributed by atoms with Crippen LogP contribution in [0, 0.1) is 0 Å². The standard InChI is InChI=1S/C30H29ClN2O2S/c1-34-28-16-8-23(9-17-28)20-33(21-24-10-18-29(35-2)19-11-24)30(32-27-14-12-26(31)13-15-27)36-22-25-6-4-3-5-7-25/h3-19H,20-22H2,1-2H3. The van der Waals surface area contributed by atoms with Crippen molar-refractivity contribution in [1.82, 2.24) is 4.90 Å². The molecule has 0 aliphatic rings. The van der Waals surface area contributed by atoms with Gasteiger partial charge in [0.2, 0.25) is 0 Å². The lowest BCUT2D eigenvalue weighted by Gasteiger charge is -2.26. The van der Waals surface area contributed by atoms with E-state index >= 15 is 0 Å². The van der Waals surface area contributed by atoms with Crippen molar-refractivity contribution in [2.24, 2.45) is 4.99 Å². The molecule has 0 aliphatic heterocycles. The van der Waals surface area contributed by atoms with Gasteiger partial charge in [0.15, 0.2) is 5.17 Å². The van der Waals surface area contributed by atoms with E-state index in [1.807, 2.05) is 54.6 Å². The van der Waals surface area contributed by atoms with Gasteiger partial charge in [-0.25, -0.2) is 4.99 Å². The van der Waals surface area contributed by atoms with Crippen LogP contribution < -0.4 is 9.47 Å². The summed E-state index contributed by atoms with van der Waals surface area (Å²) < 4.78 is 10.7. The third kappa shape index (κ3) is 7.54. The number of amidine groups is 1. The number of halogens is 1. The average Bonchev–Trinajstić information content (AvgIpc) is 2.93. The molecule has 0 fully saturated rings. The molecule has 0 saturated carbocycles. The van der Waals surface area contributed by atoms with Gasteiger partial charge in [-0.2, -0.15) is 0 Å². The number of benzene rings is 4. The van der Waals surface area contributed by atoms with Gasteiger partial charge in [-0.3, -0.25) is 0 Å². The molecule has 0 radical (unpaired) electrons. The second kappa shape index (κ2) is 13.1. The fourth-order valence-electron chi connectivity index (χ4n) is 3.64. The maximum atomic E-state index is 6.13. The number of rotatable bonds is 9. The predicted molar refractivity (Wildman–Crippen MR) is 152 cm³/mol. The normalized spacial score (nSPS) is 11.2. The van der Waals surface area contributed by atoms with Crippen molar-refractivity contribution in [3.05, 3.63) is 125 Å². The molecule has 0 aliphatic carbocycles. The minimum Gasteiger partial charge on any atom is -0.497 e. The lowest BCUT2D eigenvalue weighted by atomic mass is 10.1. The molecule has 4 nitrogen and oxygen atoms in total. The fourth-order valence-corrected chi connectivity index (χ4v) is 4.73. The van der Waals surface area contributed by atoms with Gasteiger partial charge in [0.05, 0.1) is 19.9 Å². The summed E-state index contributed by atoms with van der Waals surface area (Å²) in [6.45, 7) is 1.40. The Kier molecular flexibility index (Phi) is 9.31. The lowest BCUT2D eigenvalue weighted by Crippen LogP contribution is -2.28. The van der Waals surface area contributed by atoms with Crippen LogP contribution in [0.4, 0.5) is 5.69 Å². The molecular weight excluding hydrogens is 488 g/mol. The molecule has 184 valence electrons. The Labute approximate surface area is 222 Å². The minimum atomic E-state index is 0.695. The van der Waals surface area contributed by atoms with Crippen LogP contribution in [0.25, 0.3) is 0 Å². The van der Waals surface area contributed by atoms with Crippen LogP contribution in [0.1, 0.15) is 16.7 Å². The second-order valence-electron chi connectivity index (χ2n) is 8.20. The van der Waals surface area contributed by atoms with E-state index in [-0.39, 0.29) is 0 Å². The number of thioether (sulfide) groups is 1. The van der Waals surface area contributed by atoms with E-state index in [1.165, 1.54) is 16.7 Å². The molecule has 4 rings (SSSR count). The summed E-state index contributed by atoms with van der Waals surface area (Å²) >= 11 is 7.86. The van der Waals surface area contributed by atoms with Crippen LogP contribution in [-0.2, 0) is 18.8 Å². The Hall–Kier alpha value is -3.41. The minimum absolute atomic E-state index is 0.695.